The summed E-state index contributed by atoms with van der Waals surface area (Å²) in [6, 6.07) is 21.4. The quantitative estimate of drug-likeness (QED) is 0.295. The lowest BCUT2D eigenvalue weighted by atomic mass is 10.2. The normalized spacial score (nSPS) is 10.5. The van der Waals surface area contributed by atoms with Crippen molar-refractivity contribution in [3.05, 3.63) is 89.5 Å². The number of anilines is 2. The second kappa shape index (κ2) is 11.2. The van der Waals surface area contributed by atoms with Crippen LogP contribution in [0.4, 0.5) is 11.4 Å². The molecule has 3 rings (SSSR count). The highest BCUT2D eigenvalue weighted by atomic mass is 16.5. The molecule has 0 saturated heterocycles. The van der Waals surface area contributed by atoms with Crippen molar-refractivity contribution >= 4 is 35.3 Å². The molecule has 0 atom stereocenters. The molecule has 0 bridgehead atoms. The molecule has 3 aromatic carbocycles. The van der Waals surface area contributed by atoms with E-state index in [1.54, 1.807) is 36.4 Å². The Hall–Kier alpha value is -4.46. The van der Waals surface area contributed by atoms with Gasteiger partial charge in [0.1, 0.15) is 5.75 Å². The van der Waals surface area contributed by atoms with Crippen molar-refractivity contribution in [2.24, 2.45) is 5.10 Å². The lowest BCUT2D eigenvalue weighted by molar-refractivity contribution is -0.136. The summed E-state index contributed by atoms with van der Waals surface area (Å²) in [5.74, 6) is -1.54. The summed E-state index contributed by atoms with van der Waals surface area (Å²) in [7, 11) is 0. The zero-order chi connectivity index (χ0) is 23.6. The molecule has 168 valence electrons. The maximum absolute atomic E-state index is 12.1. The fraction of sp³-hybridized carbons (Fsp3) is 0.120. The van der Waals surface area contributed by atoms with Gasteiger partial charge in [0.2, 0.25) is 0 Å². The lowest BCUT2D eigenvalue weighted by Crippen LogP contribution is -2.32. The largest absolute Gasteiger partial charge is 0.484 e. The molecule has 0 saturated carbocycles. The molecule has 0 unspecified atom stereocenters. The third kappa shape index (κ3) is 7.32. The van der Waals surface area contributed by atoms with Crippen molar-refractivity contribution in [1.29, 1.82) is 0 Å². The summed E-state index contributed by atoms with van der Waals surface area (Å²) >= 11 is 0. The molecule has 3 N–H and O–H groups in total. The van der Waals surface area contributed by atoms with E-state index in [2.05, 4.69) is 21.2 Å². The highest BCUT2D eigenvalue weighted by Crippen LogP contribution is 2.14. The Bertz CT molecular complexity index is 1170. The van der Waals surface area contributed by atoms with Crippen LogP contribution >= 0.6 is 0 Å². The molecule has 0 spiro atoms. The molecule has 3 amide bonds. The number of benzene rings is 3. The number of amides is 3. The second-order valence-corrected chi connectivity index (χ2v) is 7.24. The first kappa shape index (κ1) is 23.2. The lowest BCUT2D eigenvalue weighted by Gasteiger charge is -2.08. The number of hydrogen-bond donors (Lipinski definition) is 3. The van der Waals surface area contributed by atoms with E-state index in [0.717, 1.165) is 11.1 Å². The third-order valence-electron chi connectivity index (χ3n) is 4.54. The summed E-state index contributed by atoms with van der Waals surface area (Å²) in [6.07, 6.45) is 1.37. The maximum atomic E-state index is 12.1. The Morgan fingerprint density at radius 3 is 2.39 bits per heavy atom. The van der Waals surface area contributed by atoms with Crippen molar-refractivity contribution in [1.82, 2.24) is 5.43 Å². The number of rotatable bonds is 7. The summed E-state index contributed by atoms with van der Waals surface area (Å²) in [4.78, 5) is 36.0. The van der Waals surface area contributed by atoms with Gasteiger partial charge < -0.3 is 15.4 Å². The number of aryl methyl sites for hydroxylation is 2. The Balaban J connectivity index is 1.48. The first-order valence-corrected chi connectivity index (χ1v) is 10.2. The topological polar surface area (TPSA) is 109 Å². The highest BCUT2D eigenvalue weighted by Gasteiger charge is 2.13. The Labute approximate surface area is 191 Å². The minimum Gasteiger partial charge on any atom is -0.484 e. The van der Waals surface area contributed by atoms with Gasteiger partial charge in [0.05, 0.1) is 6.21 Å². The molecule has 0 aliphatic carbocycles. The third-order valence-corrected chi connectivity index (χ3v) is 4.54. The van der Waals surface area contributed by atoms with Crippen LogP contribution in [0.2, 0.25) is 0 Å². The van der Waals surface area contributed by atoms with E-state index >= 15 is 0 Å². The minimum absolute atomic E-state index is 0.162. The zero-order valence-corrected chi connectivity index (χ0v) is 18.3. The van der Waals surface area contributed by atoms with E-state index in [9.17, 15) is 14.4 Å². The fourth-order valence-electron chi connectivity index (χ4n) is 2.78. The fourth-order valence-corrected chi connectivity index (χ4v) is 2.78. The molecule has 33 heavy (non-hydrogen) atoms. The van der Waals surface area contributed by atoms with Crippen LogP contribution in [0.25, 0.3) is 0 Å². The average molecular weight is 444 g/mol. The van der Waals surface area contributed by atoms with Crippen LogP contribution in [-0.2, 0) is 14.4 Å². The van der Waals surface area contributed by atoms with E-state index in [1.165, 1.54) is 6.21 Å². The average Bonchev–Trinajstić information content (AvgIpc) is 2.81. The first-order valence-electron chi connectivity index (χ1n) is 10.2. The molecule has 3 aromatic rings. The van der Waals surface area contributed by atoms with E-state index in [1.807, 2.05) is 50.2 Å². The summed E-state index contributed by atoms with van der Waals surface area (Å²) in [5, 5.41) is 9.09. The van der Waals surface area contributed by atoms with Crippen LogP contribution in [0.15, 0.2) is 77.9 Å². The van der Waals surface area contributed by atoms with Crippen molar-refractivity contribution in [3.8, 4) is 5.75 Å². The standard InChI is InChI=1S/C25H24N4O4/c1-17-10-12-20(13-11-17)27-23(30)16-33-21-8-5-7-19(14-21)15-26-29-25(32)24(31)28-22-9-4-3-6-18(22)2/h3-15H,16H2,1-2H3,(H,27,30)(H,28,31)(H,29,32). The number of ether oxygens (including phenoxy) is 1. The number of carbonyl (C=O) groups excluding carboxylic acids is 3. The molecule has 0 heterocycles. The number of hydrazone groups is 1. The molecule has 8 nitrogen and oxygen atoms in total. The van der Waals surface area contributed by atoms with Gasteiger partial charge >= 0.3 is 11.8 Å². The molecule has 0 aromatic heterocycles. The van der Waals surface area contributed by atoms with Gasteiger partial charge in [0.15, 0.2) is 6.61 Å². The van der Waals surface area contributed by atoms with Gasteiger partial charge in [-0.3, -0.25) is 14.4 Å². The van der Waals surface area contributed by atoms with Gasteiger partial charge in [-0.15, -0.1) is 0 Å². The molecule has 0 fully saturated rings. The van der Waals surface area contributed by atoms with Crippen molar-refractivity contribution in [3.63, 3.8) is 0 Å². The van der Waals surface area contributed by atoms with Crippen LogP contribution in [0.3, 0.4) is 0 Å². The van der Waals surface area contributed by atoms with E-state index < -0.39 is 11.8 Å². The van der Waals surface area contributed by atoms with Gasteiger partial charge in [0, 0.05) is 11.4 Å². The second-order valence-electron chi connectivity index (χ2n) is 7.24. The van der Waals surface area contributed by atoms with Gasteiger partial charge in [0.25, 0.3) is 5.91 Å². The van der Waals surface area contributed by atoms with Gasteiger partial charge in [-0.25, -0.2) is 5.43 Å². The van der Waals surface area contributed by atoms with Crippen molar-refractivity contribution in [2.75, 3.05) is 17.2 Å². The van der Waals surface area contributed by atoms with Crippen LogP contribution < -0.4 is 20.8 Å². The van der Waals surface area contributed by atoms with Crippen LogP contribution in [0.1, 0.15) is 16.7 Å². The summed E-state index contributed by atoms with van der Waals surface area (Å²) in [6.45, 7) is 3.63. The van der Waals surface area contributed by atoms with Crippen LogP contribution in [0.5, 0.6) is 5.75 Å². The Kier molecular flexibility index (Phi) is 7.91. The number of carbonyl (C=O) groups is 3. The highest BCUT2D eigenvalue weighted by molar-refractivity contribution is 6.39. The number of hydrogen-bond acceptors (Lipinski definition) is 5. The van der Waals surface area contributed by atoms with E-state index in [-0.39, 0.29) is 12.5 Å². The van der Waals surface area contributed by atoms with E-state index in [4.69, 9.17) is 4.74 Å². The van der Waals surface area contributed by atoms with Gasteiger partial charge in [-0.2, -0.15) is 5.10 Å². The SMILES string of the molecule is Cc1ccc(NC(=O)COc2cccc(C=NNC(=O)C(=O)Nc3ccccc3C)c2)cc1. The van der Waals surface area contributed by atoms with Crippen molar-refractivity contribution < 1.29 is 19.1 Å². The van der Waals surface area contributed by atoms with Crippen LogP contribution in [0, 0.1) is 13.8 Å². The number of para-hydroxylation sites is 1. The number of nitrogens with zero attached hydrogens (tertiary/aromatic N) is 1. The summed E-state index contributed by atoms with van der Waals surface area (Å²) < 4.78 is 5.52. The van der Waals surface area contributed by atoms with Gasteiger partial charge in [-0.1, -0.05) is 48.0 Å². The zero-order valence-electron chi connectivity index (χ0n) is 18.3. The predicted molar refractivity (Wildman–Crippen MR) is 127 cm³/mol. The first-order chi connectivity index (χ1) is 15.9. The monoisotopic (exact) mass is 444 g/mol. The molecule has 8 heteroatoms. The van der Waals surface area contributed by atoms with E-state index in [0.29, 0.717) is 22.7 Å². The predicted octanol–water partition coefficient (Wildman–Crippen LogP) is 3.41. The maximum Gasteiger partial charge on any atom is 0.329 e. The Morgan fingerprint density at radius 2 is 1.64 bits per heavy atom. The molecule has 0 radical (unpaired) electrons. The van der Waals surface area contributed by atoms with Crippen LogP contribution in [-0.4, -0.2) is 30.5 Å². The minimum atomic E-state index is -0.894. The van der Waals surface area contributed by atoms with Gasteiger partial charge in [-0.05, 0) is 55.3 Å². The Morgan fingerprint density at radius 1 is 0.879 bits per heavy atom. The summed E-state index contributed by atoms with van der Waals surface area (Å²) in [5.41, 5.74) is 5.99. The number of nitrogens with one attached hydrogen (secondary N) is 3. The smallest absolute Gasteiger partial charge is 0.329 e. The molecule has 0 aliphatic heterocycles. The molecular formula is C25H24N4O4. The van der Waals surface area contributed by atoms with Crippen molar-refractivity contribution in [2.45, 2.75) is 13.8 Å². The molecular weight excluding hydrogens is 420 g/mol. The molecule has 0 aliphatic rings.